The monoisotopic (exact) mass is 459 g/mol. The second-order valence-corrected chi connectivity index (χ2v) is 9.63. The van der Waals surface area contributed by atoms with Crippen molar-refractivity contribution < 1.29 is 4.79 Å². The predicted octanol–water partition coefficient (Wildman–Crippen LogP) is 4.06. The lowest BCUT2D eigenvalue weighted by atomic mass is 9.95. The van der Waals surface area contributed by atoms with Crippen LogP contribution in [0.2, 0.25) is 0 Å². The molecule has 1 aromatic carbocycles. The highest BCUT2D eigenvalue weighted by molar-refractivity contribution is 5.92. The number of carbonyl (C=O) groups is 1. The highest BCUT2D eigenvalue weighted by Gasteiger charge is 2.21. The van der Waals surface area contributed by atoms with Crippen molar-refractivity contribution in [2.75, 3.05) is 44.2 Å². The fourth-order valence-electron chi connectivity index (χ4n) is 3.91. The van der Waals surface area contributed by atoms with Crippen LogP contribution >= 0.6 is 12.4 Å². The summed E-state index contributed by atoms with van der Waals surface area (Å²) in [7, 11) is 0. The molecular formula is C25H38ClN5O. The second-order valence-electron chi connectivity index (χ2n) is 9.63. The molecule has 1 aromatic heterocycles. The molecule has 32 heavy (non-hydrogen) atoms. The molecule has 0 atom stereocenters. The predicted molar refractivity (Wildman–Crippen MR) is 134 cm³/mol. The number of anilines is 1. The summed E-state index contributed by atoms with van der Waals surface area (Å²) in [5.74, 6) is 0.593. The van der Waals surface area contributed by atoms with Crippen molar-refractivity contribution in [1.29, 1.82) is 0 Å². The van der Waals surface area contributed by atoms with Crippen LogP contribution in [0, 0.1) is 20.8 Å². The molecule has 2 aromatic rings. The molecule has 2 heterocycles. The van der Waals surface area contributed by atoms with E-state index in [1.54, 1.807) is 6.07 Å². The van der Waals surface area contributed by atoms with Gasteiger partial charge in [-0.1, -0.05) is 32.9 Å². The van der Waals surface area contributed by atoms with Crippen molar-refractivity contribution >= 4 is 24.0 Å². The van der Waals surface area contributed by atoms with Gasteiger partial charge in [-0.15, -0.1) is 12.4 Å². The molecule has 6 nitrogen and oxygen atoms in total. The average molecular weight is 460 g/mol. The van der Waals surface area contributed by atoms with Crippen molar-refractivity contribution in [2.24, 2.45) is 0 Å². The van der Waals surface area contributed by atoms with Crippen LogP contribution < -0.4 is 10.2 Å². The van der Waals surface area contributed by atoms with Crippen LogP contribution in [0.5, 0.6) is 0 Å². The zero-order valence-electron chi connectivity index (χ0n) is 20.4. The standard InChI is InChI=1S/C25H37N5O.ClH/c1-18-9-7-10-22(20(18)3)30-15-13-29(14-16-30)12-8-11-26-23(31)21-17-19(2)27-24(28-21)25(4,5)6;/h7,9-10,17H,8,11-16H2,1-6H3,(H,26,31);1H. The Morgan fingerprint density at radius 3 is 2.41 bits per heavy atom. The van der Waals surface area contributed by atoms with E-state index in [-0.39, 0.29) is 23.7 Å². The largest absolute Gasteiger partial charge is 0.369 e. The molecule has 0 radical (unpaired) electrons. The third kappa shape index (κ3) is 6.66. The first-order valence-electron chi connectivity index (χ1n) is 11.3. The van der Waals surface area contributed by atoms with Crippen molar-refractivity contribution in [3.05, 3.63) is 52.6 Å². The normalized spacial score (nSPS) is 14.8. The summed E-state index contributed by atoms with van der Waals surface area (Å²) in [6, 6.07) is 8.32. The van der Waals surface area contributed by atoms with Gasteiger partial charge in [-0.25, -0.2) is 9.97 Å². The van der Waals surface area contributed by atoms with Gasteiger partial charge in [0, 0.05) is 49.5 Å². The third-order valence-corrected chi connectivity index (χ3v) is 5.98. The number of nitrogens with one attached hydrogen (secondary N) is 1. The van der Waals surface area contributed by atoms with Gasteiger partial charge >= 0.3 is 0 Å². The number of carbonyl (C=O) groups excluding carboxylic acids is 1. The Morgan fingerprint density at radius 1 is 1.06 bits per heavy atom. The number of aryl methyl sites for hydroxylation is 2. The van der Waals surface area contributed by atoms with Crippen molar-refractivity contribution in [1.82, 2.24) is 20.2 Å². The Labute approximate surface area is 199 Å². The van der Waals surface area contributed by atoms with E-state index in [1.165, 1.54) is 16.8 Å². The minimum atomic E-state index is -0.180. The highest BCUT2D eigenvalue weighted by Crippen LogP contribution is 2.24. The molecule has 1 aliphatic rings. The first-order chi connectivity index (χ1) is 14.6. The number of benzene rings is 1. The molecule has 3 rings (SSSR count). The number of piperazine rings is 1. The van der Waals surface area contributed by atoms with Gasteiger partial charge in [0.1, 0.15) is 11.5 Å². The lowest BCUT2D eigenvalue weighted by Crippen LogP contribution is -2.47. The minimum Gasteiger partial charge on any atom is -0.369 e. The number of rotatable bonds is 6. The Kier molecular flexibility index (Phi) is 9.05. The molecule has 0 unspecified atom stereocenters. The molecule has 1 aliphatic heterocycles. The fourth-order valence-corrected chi connectivity index (χ4v) is 3.91. The number of hydrogen-bond acceptors (Lipinski definition) is 5. The van der Waals surface area contributed by atoms with Crippen LogP contribution in [0.25, 0.3) is 0 Å². The maximum atomic E-state index is 12.6. The Hall–Kier alpha value is -2.18. The van der Waals surface area contributed by atoms with Gasteiger partial charge in [-0.2, -0.15) is 0 Å². The number of halogens is 1. The van der Waals surface area contributed by atoms with Crippen LogP contribution in [-0.4, -0.2) is 60.0 Å². The molecule has 1 saturated heterocycles. The van der Waals surface area contributed by atoms with Gasteiger partial charge in [0.15, 0.2) is 0 Å². The quantitative estimate of drug-likeness (QED) is 0.660. The van der Waals surface area contributed by atoms with Crippen LogP contribution in [0.3, 0.4) is 0 Å². The maximum absolute atomic E-state index is 12.6. The molecule has 0 saturated carbocycles. The third-order valence-electron chi connectivity index (χ3n) is 5.98. The second kappa shape index (κ2) is 11.1. The van der Waals surface area contributed by atoms with Crippen LogP contribution in [-0.2, 0) is 5.41 Å². The summed E-state index contributed by atoms with van der Waals surface area (Å²) in [6.07, 6.45) is 0.936. The van der Waals surface area contributed by atoms with E-state index in [4.69, 9.17) is 0 Å². The molecule has 0 spiro atoms. The summed E-state index contributed by atoms with van der Waals surface area (Å²) >= 11 is 0. The average Bonchev–Trinajstić information content (AvgIpc) is 2.72. The van der Waals surface area contributed by atoms with Crippen LogP contribution in [0.4, 0.5) is 5.69 Å². The first kappa shape index (κ1) is 26.1. The van der Waals surface area contributed by atoms with Crippen LogP contribution in [0.1, 0.15) is 60.3 Å². The molecule has 1 fully saturated rings. The van der Waals surface area contributed by atoms with Gasteiger partial charge in [-0.05, 0) is 57.0 Å². The molecule has 176 valence electrons. The minimum absolute atomic E-state index is 0. The molecule has 1 N–H and O–H groups in total. The van der Waals surface area contributed by atoms with Gasteiger partial charge in [-0.3, -0.25) is 9.69 Å². The number of amides is 1. The number of aromatic nitrogens is 2. The number of hydrogen-bond donors (Lipinski definition) is 1. The van der Waals surface area contributed by atoms with E-state index in [2.05, 4.69) is 77.9 Å². The van der Waals surface area contributed by atoms with E-state index in [0.29, 0.717) is 18.1 Å². The summed E-state index contributed by atoms with van der Waals surface area (Å²) in [5, 5.41) is 3.03. The molecule has 0 bridgehead atoms. The topological polar surface area (TPSA) is 61.4 Å². The molecule has 7 heteroatoms. The lowest BCUT2D eigenvalue weighted by molar-refractivity contribution is 0.0945. The van der Waals surface area contributed by atoms with Gasteiger partial charge in [0.25, 0.3) is 5.91 Å². The zero-order valence-corrected chi connectivity index (χ0v) is 21.2. The van der Waals surface area contributed by atoms with Gasteiger partial charge < -0.3 is 10.2 Å². The van der Waals surface area contributed by atoms with Gasteiger partial charge in [0.05, 0.1) is 0 Å². The summed E-state index contributed by atoms with van der Waals surface area (Å²) in [6.45, 7) is 18.3. The molecular weight excluding hydrogens is 422 g/mol. The van der Waals surface area contributed by atoms with Crippen LogP contribution in [0.15, 0.2) is 24.3 Å². The summed E-state index contributed by atoms with van der Waals surface area (Å²) in [4.78, 5) is 26.5. The Morgan fingerprint density at radius 2 is 1.75 bits per heavy atom. The van der Waals surface area contributed by atoms with E-state index in [0.717, 1.165) is 44.8 Å². The van der Waals surface area contributed by atoms with E-state index in [9.17, 15) is 4.79 Å². The SMILES string of the molecule is Cc1cc(C(=O)NCCCN2CCN(c3cccc(C)c3C)CC2)nc(C(C)(C)C)n1.Cl. The van der Waals surface area contributed by atoms with Crippen molar-refractivity contribution in [2.45, 2.75) is 53.4 Å². The highest BCUT2D eigenvalue weighted by atomic mass is 35.5. The van der Waals surface area contributed by atoms with E-state index < -0.39 is 0 Å². The van der Waals surface area contributed by atoms with E-state index in [1.807, 2.05) is 6.92 Å². The van der Waals surface area contributed by atoms with Crippen molar-refractivity contribution in [3.8, 4) is 0 Å². The molecule has 1 amide bonds. The maximum Gasteiger partial charge on any atom is 0.270 e. The lowest BCUT2D eigenvalue weighted by Gasteiger charge is -2.37. The Bertz CT molecular complexity index is 917. The zero-order chi connectivity index (χ0) is 22.6. The Balaban J connectivity index is 0.00000363. The summed E-state index contributed by atoms with van der Waals surface area (Å²) < 4.78 is 0. The number of nitrogens with zero attached hydrogens (tertiary/aromatic N) is 4. The fraction of sp³-hybridized carbons (Fsp3) is 0.560. The summed E-state index contributed by atoms with van der Waals surface area (Å²) in [5.41, 5.74) is 5.20. The smallest absolute Gasteiger partial charge is 0.270 e. The van der Waals surface area contributed by atoms with Gasteiger partial charge in [0.2, 0.25) is 0 Å². The molecule has 0 aliphatic carbocycles. The van der Waals surface area contributed by atoms with Crippen molar-refractivity contribution in [3.63, 3.8) is 0 Å². The van der Waals surface area contributed by atoms with E-state index >= 15 is 0 Å². The first-order valence-corrected chi connectivity index (χ1v) is 11.3.